The van der Waals surface area contributed by atoms with Crippen LogP contribution < -0.4 is 0 Å². The fraction of sp³-hybridized carbons (Fsp3) is 0.947. The molecule has 0 amide bonds. The van der Waals surface area contributed by atoms with Gasteiger partial charge in [0, 0.05) is 25.7 Å². The van der Waals surface area contributed by atoms with E-state index in [1.54, 1.807) is 0 Å². The number of esters is 4. The maximum Gasteiger partial charge on any atom is 0.472 e. The van der Waals surface area contributed by atoms with Crippen LogP contribution in [0.25, 0.3) is 0 Å². The van der Waals surface area contributed by atoms with Crippen molar-refractivity contribution in [1.82, 2.24) is 0 Å². The molecule has 0 aliphatic heterocycles. The van der Waals surface area contributed by atoms with E-state index in [2.05, 4.69) is 48.5 Å². The Morgan fingerprint density at radius 3 is 0.723 bits per heavy atom. The minimum atomic E-state index is -4.96. The Bertz CT molecular complexity index is 1840. The first kappa shape index (κ1) is 92.1. The van der Waals surface area contributed by atoms with Crippen molar-refractivity contribution < 1.29 is 80.2 Å². The molecule has 0 aromatic carbocycles. The summed E-state index contributed by atoms with van der Waals surface area (Å²) in [6.45, 7) is 11.8. The zero-order chi connectivity index (χ0) is 69.4. The Hall–Kier alpha value is -1.94. The van der Waals surface area contributed by atoms with Gasteiger partial charge in [0.15, 0.2) is 12.2 Å². The van der Waals surface area contributed by atoms with E-state index in [-0.39, 0.29) is 25.7 Å². The quantitative estimate of drug-likeness (QED) is 0.0222. The number of rotatable bonds is 73. The van der Waals surface area contributed by atoms with Gasteiger partial charge >= 0.3 is 39.5 Å². The lowest BCUT2D eigenvalue weighted by molar-refractivity contribution is -0.161. The van der Waals surface area contributed by atoms with Gasteiger partial charge in [0.05, 0.1) is 26.4 Å². The Labute approximate surface area is 575 Å². The number of phosphoric acid groups is 2. The summed E-state index contributed by atoms with van der Waals surface area (Å²) in [7, 11) is -9.91. The Morgan fingerprint density at radius 1 is 0.287 bits per heavy atom. The molecule has 17 nitrogen and oxygen atoms in total. The van der Waals surface area contributed by atoms with E-state index in [0.29, 0.717) is 31.6 Å². The number of ether oxygens (including phenoxy) is 4. The van der Waals surface area contributed by atoms with Gasteiger partial charge < -0.3 is 33.8 Å². The van der Waals surface area contributed by atoms with E-state index < -0.39 is 97.5 Å². The summed E-state index contributed by atoms with van der Waals surface area (Å²) in [5.74, 6) is 0.128. The molecular formula is C75H146O17P2. The predicted molar refractivity (Wildman–Crippen MR) is 381 cm³/mol. The first-order chi connectivity index (χ1) is 45.2. The molecule has 2 unspecified atom stereocenters. The van der Waals surface area contributed by atoms with Crippen LogP contribution in [0.1, 0.15) is 382 Å². The molecule has 5 atom stereocenters. The molecule has 19 heteroatoms. The minimum Gasteiger partial charge on any atom is -0.462 e. The zero-order valence-electron chi connectivity index (χ0n) is 61.4. The van der Waals surface area contributed by atoms with Crippen LogP contribution in [-0.4, -0.2) is 96.7 Å². The number of unbranched alkanes of at least 4 members (excludes halogenated alkanes) is 41. The second-order valence-electron chi connectivity index (χ2n) is 28.5. The molecule has 94 heavy (non-hydrogen) atoms. The van der Waals surface area contributed by atoms with Crippen LogP contribution in [0.5, 0.6) is 0 Å². The Kier molecular flexibility index (Phi) is 64.3. The second-order valence-corrected chi connectivity index (χ2v) is 31.4. The van der Waals surface area contributed by atoms with Crippen molar-refractivity contribution in [3.8, 4) is 0 Å². The van der Waals surface area contributed by atoms with Gasteiger partial charge in [0.2, 0.25) is 0 Å². The Morgan fingerprint density at radius 2 is 0.489 bits per heavy atom. The highest BCUT2D eigenvalue weighted by molar-refractivity contribution is 7.47. The molecule has 0 heterocycles. The monoisotopic (exact) mass is 1380 g/mol. The third-order valence-electron chi connectivity index (χ3n) is 17.4. The molecule has 0 saturated carbocycles. The van der Waals surface area contributed by atoms with Crippen molar-refractivity contribution in [2.75, 3.05) is 39.6 Å². The van der Waals surface area contributed by atoms with Crippen molar-refractivity contribution >= 4 is 39.5 Å². The van der Waals surface area contributed by atoms with Crippen LogP contribution in [0.15, 0.2) is 0 Å². The van der Waals surface area contributed by atoms with Crippen LogP contribution in [0.2, 0.25) is 0 Å². The lowest BCUT2D eigenvalue weighted by Crippen LogP contribution is -2.30. The highest BCUT2D eigenvalue weighted by Crippen LogP contribution is 2.45. The van der Waals surface area contributed by atoms with Gasteiger partial charge in [0.25, 0.3) is 0 Å². The van der Waals surface area contributed by atoms with Crippen LogP contribution in [0, 0.1) is 17.8 Å². The number of phosphoric ester groups is 2. The second kappa shape index (κ2) is 65.7. The average Bonchev–Trinajstić information content (AvgIpc) is 1.95. The lowest BCUT2D eigenvalue weighted by Gasteiger charge is -2.21. The average molecular weight is 1380 g/mol. The fourth-order valence-corrected chi connectivity index (χ4v) is 13.0. The third-order valence-corrected chi connectivity index (χ3v) is 19.3. The fourth-order valence-electron chi connectivity index (χ4n) is 11.4. The summed E-state index contributed by atoms with van der Waals surface area (Å²) in [6.07, 6.45) is 51.4. The number of carbonyl (C=O) groups is 4. The maximum atomic E-state index is 13.1. The summed E-state index contributed by atoms with van der Waals surface area (Å²) in [4.78, 5) is 72.7. The van der Waals surface area contributed by atoms with Crippen LogP contribution in [0.3, 0.4) is 0 Å². The van der Waals surface area contributed by atoms with Gasteiger partial charge in [-0.3, -0.25) is 37.3 Å². The summed E-state index contributed by atoms with van der Waals surface area (Å²) in [6, 6.07) is 0. The highest BCUT2D eigenvalue weighted by atomic mass is 31.2. The zero-order valence-corrected chi connectivity index (χ0v) is 63.2. The number of aliphatic hydroxyl groups excluding tert-OH is 1. The first-order valence-electron chi connectivity index (χ1n) is 38.8. The molecule has 0 aliphatic rings. The smallest absolute Gasteiger partial charge is 0.462 e. The van der Waals surface area contributed by atoms with Crippen LogP contribution in [-0.2, 0) is 65.4 Å². The third kappa shape index (κ3) is 68.6. The van der Waals surface area contributed by atoms with Gasteiger partial charge in [-0.15, -0.1) is 0 Å². The summed E-state index contributed by atoms with van der Waals surface area (Å²) in [5, 5.41) is 10.6. The van der Waals surface area contributed by atoms with E-state index in [1.807, 2.05) is 0 Å². The van der Waals surface area contributed by atoms with E-state index >= 15 is 0 Å². The van der Waals surface area contributed by atoms with Gasteiger partial charge in [-0.2, -0.15) is 0 Å². The first-order valence-corrected chi connectivity index (χ1v) is 41.8. The van der Waals surface area contributed by atoms with Crippen molar-refractivity contribution in [2.24, 2.45) is 17.8 Å². The van der Waals surface area contributed by atoms with Gasteiger partial charge in [0.1, 0.15) is 19.3 Å². The van der Waals surface area contributed by atoms with Crippen LogP contribution >= 0.6 is 15.6 Å². The predicted octanol–water partition coefficient (Wildman–Crippen LogP) is 21.8. The molecule has 0 spiro atoms. The normalized spacial score (nSPS) is 14.1. The van der Waals surface area contributed by atoms with Gasteiger partial charge in [-0.25, -0.2) is 9.13 Å². The van der Waals surface area contributed by atoms with E-state index in [4.69, 9.17) is 37.0 Å². The minimum absolute atomic E-state index is 0.107. The molecule has 558 valence electrons. The van der Waals surface area contributed by atoms with Gasteiger partial charge in [-0.1, -0.05) is 331 Å². The van der Waals surface area contributed by atoms with Crippen molar-refractivity contribution in [3.63, 3.8) is 0 Å². The molecule has 3 N–H and O–H groups in total. The van der Waals surface area contributed by atoms with E-state index in [0.717, 1.165) is 108 Å². The number of carbonyl (C=O) groups excluding carboxylic acids is 4. The molecule has 0 fully saturated rings. The standard InChI is InChI=1S/C75H146O17P2/c1-8-9-10-11-12-13-14-15-18-25-30-35-44-51-58-75(80)92-71(63-86-73(78)57-50-43-38-37-41-48-55-68(6)7)65-90-94(83,84)88-61-69(76)60-87-93(81,82)89-64-70(62-85-72(77)56-49-42-34-29-24-21-20-23-28-33-40-47-54-67(4)5)91-74(79)59-52-45-36-31-26-19-16-17-22-27-32-39-46-53-66(2)3/h66-71,76H,8-65H2,1-7H3,(H,81,82)(H,83,84)/t69-,70-,71-/m1/s1. The van der Waals surface area contributed by atoms with Crippen molar-refractivity contribution in [2.45, 2.75) is 401 Å². The summed E-state index contributed by atoms with van der Waals surface area (Å²) >= 11 is 0. The Balaban J connectivity index is 5.24. The maximum absolute atomic E-state index is 13.1. The topological polar surface area (TPSA) is 237 Å². The van der Waals surface area contributed by atoms with Crippen molar-refractivity contribution in [3.05, 3.63) is 0 Å². The molecule has 0 aliphatic carbocycles. The summed E-state index contributed by atoms with van der Waals surface area (Å²) < 4.78 is 68.5. The highest BCUT2D eigenvalue weighted by Gasteiger charge is 2.30. The molecular weight excluding hydrogens is 1230 g/mol. The van der Waals surface area contributed by atoms with E-state index in [1.165, 1.54) is 186 Å². The molecule has 0 rings (SSSR count). The number of hydrogen-bond acceptors (Lipinski definition) is 15. The van der Waals surface area contributed by atoms with Gasteiger partial charge in [-0.05, 0) is 43.4 Å². The molecule has 0 aromatic heterocycles. The number of hydrogen-bond donors (Lipinski definition) is 3. The molecule has 0 saturated heterocycles. The molecule has 0 bridgehead atoms. The largest absolute Gasteiger partial charge is 0.472 e. The lowest BCUT2D eigenvalue weighted by atomic mass is 10.0. The number of aliphatic hydroxyl groups is 1. The molecule has 0 radical (unpaired) electrons. The van der Waals surface area contributed by atoms with E-state index in [9.17, 15) is 43.2 Å². The van der Waals surface area contributed by atoms with Crippen LogP contribution in [0.4, 0.5) is 0 Å². The SMILES string of the molecule is CCCCCCCCCCCCCCCCC(=O)O[C@H](COC(=O)CCCCCCCCC(C)C)COP(=O)(O)OC[C@H](O)COP(=O)(O)OC[C@@H](COC(=O)CCCCCCCCCCCCCCC(C)C)OC(=O)CCCCCCCCCCCCCCCC(C)C. The van der Waals surface area contributed by atoms with Crippen molar-refractivity contribution in [1.29, 1.82) is 0 Å². The molecule has 0 aromatic rings. The summed E-state index contributed by atoms with van der Waals surface area (Å²) in [5.41, 5.74) is 0.